The lowest BCUT2D eigenvalue weighted by Crippen LogP contribution is -2.18. The summed E-state index contributed by atoms with van der Waals surface area (Å²) in [6.07, 6.45) is -4.64. The van der Waals surface area contributed by atoms with Gasteiger partial charge in [-0.3, -0.25) is 4.79 Å². The van der Waals surface area contributed by atoms with Gasteiger partial charge in [-0.25, -0.2) is 4.98 Å². The van der Waals surface area contributed by atoms with Crippen LogP contribution in [-0.2, 0) is 6.18 Å². The van der Waals surface area contributed by atoms with E-state index in [0.29, 0.717) is 21.7 Å². The third kappa shape index (κ3) is 3.76. The van der Waals surface area contributed by atoms with Gasteiger partial charge in [0.05, 0.1) is 21.7 Å². The molecule has 0 unspecified atom stereocenters. The molecule has 0 saturated carbocycles. The molecule has 8 heteroatoms. The highest BCUT2D eigenvalue weighted by Gasteiger charge is 2.34. The Morgan fingerprint density at radius 1 is 1.07 bits per heavy atom. The first-order chi connectivity index (χ1) is 14.2. The third-order valence-corrected chi connectivity index (χ3v) is 4.88. The predicted molar refractivity (Wildman–Crippen MR) is 109 cm³/mol. The van der Waals surface area contributed by atoms with Crippen LogP contribution in [0.2, 0.25) is 5.02 Å². The van der Waals surface area contributed by atoms with Crippen LogP contribution in [0.3, 0.4) is 0 Å². The molecule has 0 aliphatic heterocycles. The molecule has 1 aromatic heterocycles. The molecule has 3 aromatic carbocycles. The molecule has 0 aliphatic rings. The number of anilines is 1. The number of rotatable bonds is 3. The smallest absolute Gasteiger partial charge is 0.417 e. The highest BCUT2D eigenvalue weighted by Crippen LogP contribution is 2.34. The van der Waals surface area contributed by atoms with Gasteiger partial charge in [-0.15, -0.1) is 0 Å². The molecule has 0 bridgehead atoms. The Morgan fingerprint density at radius 2 is 1.83 bits per heavy atom. The van der Waals surface area contributed by atoms with E-state index in [9.17, 15) is 18.0 Å². The fraction of sp³-hybridized carbons (Fsp3) is 0.0909. The fourth-order valence-corrected chi connectivity index (χ4v) is 3.29. The first-order valence-electron chi connectivity index (χ1n) is 8.87. The summed E-state index contributed by atoms with van der Waals surface area (Å²) in [6, 6.07) is 14.6. The van der Waals surface area contributed by atoms with Crippen LogP contribution in [0.4, 0.5) is 18.9 Å². The number of nitrogens with one attached hydrogen (secondary N) is 1. The molecule has 4 nitrogen and oxygen atoms in total. The maximum atomic E-state index is 13.2. The molecule has 4 aromatic rings. The number of carbonyl (C=O) groups excluding carboxylic acids is 1. The quantitative estimate of drug-likeness (QED) is 0.392. The van der Waals surface area contributed by atoms with E-state index < -0.39 is 23.2 Å². The number of carbonyl (C=O) groups is 1. The van der Waals surface area contributed by atoms with Crippen molar-refractivity contribution < 1.29 is 22.4 Å². The number of aryl methyl sites for hydroxylation is 1. The highest BCUT2D eigenvalue weighted by atomic mass is 35.5. The Morgan fingerprint density at radius 3 is 2.57 bits per heavy atom. The van der Waals surface area contributed by atoms with E-state index in [1.165, 1.54) is 30.3 Å². The van der Waals surface area contributed by atoms with Crippen LogP contribution in [-0.4, -0.2) is 10.9 Å². The van der Waals surface area contributed by atoms with Crippen molar-refractivity contribution in [2.45, 2.75) is 13.1 Å². The van der Waals surface area contributed by atoms with Gasteiger partial charge >= 0.3 is 6.18 Å². The summed E-state index contributed by atoms with van der Waals surface area (Å²) in [7, 11) is 0. The van der Waals surface area contributed by atoms with Gasteiger partial charge < -0.3 is 9.73 Å². The Balaban J connectivity index is 1.69. The number of amides is 1. The molecule has 1 amide bonds. The Hall–Kier alpha value is -3.32. The summed E-state index contributed by atoms with van der Waals surface area (Å²) in [6.45, 7) is 1.89. The van der Waals surface area contributed by atoms with Crippen molar-refractivity contribution >= 4 is 34.3 Å². The minimum absolute atomic E-state index is 0.246. The van der Waals surface area contributed by atoms with Gasteiger partial charge in [-0.1, -0.05) is 35.9 Å². The summed E-state index contributed by atoms with van der Waals surface area (Å²) in [5.74, 6) is -0.638. The average Bonchev–Trinajstić information content (AvgIpc) is 3.14. The summed E-state index contributed by atoms with van der Waals surface area (Å²) < 4.78 is 45.4. The Kier molecular flexibility index (Phi) is 4.99. The largest absolute Gasteiger partial charge is 0.436 e. The topological polar surface area (TPSA) is 55.1 Å². The van der Waals surface area contributed by atoms with Gasteiger partial charge in [0.2, 0.25) is 5.89 Å². The van der Waals surface area contributed by atoms with Crippen molar-refractivity contribution in [3.63, 3.8) is 0 Å². The van der Waals surface area contributed by atoms with Crippen LogP contribution in [0, 0.1) is 6.92 Å². The lowest BCUT2D eigenvalue weighted by molar-refractivity contribution is -0.137. The summed E-state index contributed by atoms with van der Waals surface area (Å²) in [4.78, 5) is 17.0. The van der Waals surface area contributed by atoms with E-state index in [1.807, 2.05) is 19.1 Å². The van der Waals surface area contributed by atoms with Gasteiger partial charge in [0.1, 0.15) is 5.52 Å². The molecule has 0 aliphatic carbocycles. The Bertz CT molecular complexity index is 1260. The zero-order valence-corrected chi connectivity index (χ0v) is 16.3. The third-order valence-electron chi connectivity index (χ3n) is 4.55. The minimum Gasteiger partial charge on any atom is -0.436 e. The second-order valence-corrected chi connectivity index (χ2v) is 7.04. The molecule has 30 heavy (non-hydrogen) atoms. The molecular weight excluding hydrogens is 417 g/mol. The second-order valence-electron chi connectivity index (χ2n) is 6.63. The number of nitrogens with zero attached hydrogens (tertiary/aromatic N) is 1. The summed E-state index contributed by atoms with van der Waals surface area (Å²) >= 11 is 6.28. The number of oxazole rings is 1. The zero-order valence-electron chi connectivity index (χ0n) is 15.5. The first kappa shape index (κ1) is 20.0. The maximum Gasteiger partial charge on any atom is 0.417 e. The van der Waals surface area contributed by atoms with Gasteiger partial charge in [0.25, 0.3) is 5.91 Å². The van der Waals surface area contributed by atoms with Crippen molar-refractivity contribution in [3.05, 3.63) is 82.4 Å². The zero-order chi connectivity index (χ0) is 21.5. The summed E-state index contributed by atoms with van der Waals surface area (Å²) in [5, 5.41) is 2.81. The van der Waals surface area contributed by atoms with Crippen LogP contribution in [0.15, 0.2) is 65.1 Å². The number of hydrogen-bond donors (Lipinski definition) is 1. The maximum absolute atomic E-state index is 13.2. The van der Waals surface area contributed by atoms with Crippen molar-refractivity contribution in [1.29, 1.82) is 0 Å². The van der Waals surface area contributed by atoms with Crippen molar-refractivity contribution in [2.24, 2.45) is 0 Å². The van der Waals surface area contributed by atoms with E-state index in [4.69, 9.17) is 16.0 Å². The number of hydrogen-bond acceptors (Lipinski definition) is 3. The second kappa shape index (κ2) is 7.50. The molecule has 1 N–H and O–H groups in total. The van der Waals surface area contributed by atoms with Gasteiger partial charge in [0, 0.05) is 5.69 Å². The van der Waals surface area contributed by atoms with Gasteiger partial charge in [0.15, 0.2) is 5.58 Å². The molecule has 0 fully saturated rings. The van der Waals surface area contributed by atoms with Crippen molar-refractivity contribution in [2.75, 3.05) is 5.32 Å². The molecule has 4 rings (SSSR count). The minimum atomic E-state index is -4.64. The SMILES string of the molecule is Cc1cccc2oc(-c3cc(NC(=O)c4ccccc4C(F)(F)F)ccc3Cl)nc12. The monoisotopic (exact) mass is 430 g/mol. The molecule has 0 radical (unpaired) electrons. The van der Waals surface area contributed by atoms with E-state index in [2.05, 4.69) is 10.3 Å². The summed E-state index contributed by atoms with van der Waals surface area (Å²) in [5.41, 5.74) is 1.37. The number of alkyl halides is 3. The van der Waals surface area contributed by atoms with E-state index >= 15 is 0 Å². The van der Waals surface area contributed by atoms with E-state index in [1.54, 1.807) is 6.07 Å². The number of para-hydroxylation sites is 1. The van der Waals surface area contributed by atoms with Gasteiger partial charge in [-0.05, 0) is 48.9 Å². The van der Waals surface area contributed by atoms with E-state index in [0.717, 1.165) is 17.7 Å². The van der Waals surface area contributed by atoms with Crippen molar-refractivity contribution in [1.82, 2.24) is 4.98 Å². The lowest BCUT2D eigenvalue weighted by atomic mass is 10.1. The number of fused-ring (bicyclic) bond motifs is 1. The number of halogens is 4. The lowest BCUT2D eigenvalue weighted by Gasteiger charge is -2.13. The molecule has 0 saturated heterocycles. The number of benzene rings is 3. The molecular formula is C22H14ClF3N2O2. The normalized spacial score (nSPS) is 11.6. The average molecular weight is 431 g/mol. The van der Waals surface area contributed by atoms with Crippen LogP contribution in [0.1, 0.15) is 21.5 Å². The number of aromatic nitrogens is 1. The van der Waals surface area contributed by atoms with Crippen LogP contribution >= 0.6 is 11.6 Å². The molecule has 152 valence electrons. The van der Waals surface area contributed by atoms with Crippen LogP contribution < -0.4 is 5.32 Å². The van der Waals surface area contributed by atoms with Crippen LogP contribution in [0.5, 0.6) is 0 Å². The molecule has 1 heterocycles. The van der Waals surface area contributed by atoms with Crippen LogP contribution in [0.25, 0.3) is 22.6 Å². The first-order valence-corrected chi connectivity index (χ1v) is 9.25. The highest BCUT2D eigenvalue weighted by molar-refractivity contribution is 6.33. The van der Waals surface area contributed by atoms with Gasteiger partial charge in [-0.2, -0.15) is 13.2 Å². The standard InChI is InChI=1S/C22H14ClF3N2O2/c1-12-5-4-8-18-19(12)28-21(30-18)15-11-13(9-10-17(15)23)27-20(29)14-6-2-3-7-16(14)22(24,25)26/h2-11H,1H3,(H,27,29). The van der Waals surface area contributed by atoms with Crippen molar-refractivity contribution in [3.8, 4) is 11.5 Å². The Labute approximate surface area is 174 Å². The predicted octanol–water partition coefficient (Wildman–Crippen LogP) is 6.73. The van der Waals surface area contributed by atoms with E-state index in [-0.39, 0.29) is 11.6 Å². The fourth-order valence-electron chi connectivity index (χ4n) is 3.10. The molecule has 0 spiro atoms. The molecule has 0 atom stereocenters.